The van der Waals surface area contributed by atoms with E-state index in [0.717, 1.165) is 19.4 Å². The van der Waals surface area contributed by atoms with Gasteiger partial charge in [0.25, 0.3) is 0 Å². The van der Waals surface area contributed by atoms with Gasteiger partial charge in [0.05, 0.1) is 5.69 Å². The van der Waals surface area contributed by atoms with Gasteiger partial charge >= 0.3 is 0 Å². The van der Waals surface area contributed by atoms with Crippen LogP contribution in [0.3, 0.4) is 0 Å². The Balaban J connectivity index is 1.76. The van der Waals surface area contributed by atoms with E-state index in [2.05, 4.69) is 17.4 Å². The summed E-state index contributed by atoms with van der Waals surface area (Å²) in [6.45, 7) is 0.788. The Morgan fingerprint density at radius 3 is 2.35 bits per heavy atom. The average Bonchev–Trinajstić information content (AvgIpc) is 2.38. The molecule has 88 valence electrons. The zero-order valence-corrected chi connectivity index (χ0v) is 9.70. The molecule has 0 heterocycles. The lowest BCUT2D eigenvalue weighted by Gasteiger charge is -2.07. The molecule has 0 saturated carbocycles. The van der Waals surface area contributed by atoms with Gasteiger partial charge < -0.3 is 5.32 Å². The van der Waals surface area contributed by atoms with Crippen LogP contribution in [0.5, 0.6) is 0 Å². The van der Waals surface area contributed by atoms with Crippen molar-refractivity contribution in [2.45, 2.75) is 12.8 Å². The minimum atomic E-state index is -0.188. The minimum Gasteiger partial charge on any atom is -0.383 e. The van der Waals surface area contributed by atoms with E-state index in [0.29, 0.717) is 5.69 Å². The molecule has 0 bridgehead atoms. The highest BCUT2D eigenvalue weighted by Crippen LogP contribution is 2.12. The Bertz CT molecular complexity index is 453. The molecule has 0 spiro atoms. The van der Waals surface area contributed by atoms with Crippen LogP contribution in [-0.2, 0) is 6.42 Å². The molecule has 0 unspecified atom stereocenters. The summed E-state index contributed by atoms with van der Waals surface area (Å²) in [5.74, 6) is -0.188. The molecule has 1 N–H and O–H groups in total. The van der Waals surface area contributed by atoms with Gasteiger partial charge in [-0.25, -0.2) is 4.39 Å². The van der Waals surface area contributed by atoms with Crippen LogP contribution >= 0.6 is 0 Å². The zero-order valence-electron chi connectivity index (χ0n) is 9.70. The van der Waals surface area contributed by atoms with Gasteiger partial charge in [-0.2, -0.15) is 0 Å². The van der Waals surface area contributed by atoms with Crippen molar-refractivity contribution in [3.63, 3.8) is 0 Å². The molecule has 0 aliphatic heterocycles. The van der Waals surface area contributed by atoms with E-state index in [1.54, 1.807) is 12.1 Å². The number of anilines is 1. The normalized spacial score (nSPS) is 10.2. The molecule has 2 rings (SSSR count). The molecule has 17 heavy (non-hydrogen) atoms. The molecule has 0 amide bonds. The third kappa shape index (κ3) is 3.59. The van der Waals surface area contributed by atoms with E-state index in [-0.39, 0.29) is 5.82 Å². The number of benzene rings is 2. The SMILES string of the molecule is Fc1ccccc1NCCCc1ccccc1. The van der Waals surface area contributed by atoms with Crippen LogP contribution in [0.4, 0.5) is 10.1 Å². The summed E-state index contributed by atoms with van der Waals surface area (Å²) >= 11 is 0. The van der Waals surface area contributed by atoms with Gasteiger partial charge in [-0.1, -0.05) is 42.5 Å². The highest BCUT2D eigenvalue weighted by molar-refractivity contribution is 5.44. The van der Waals surface area contributed by atoms with E-state index < -0.39 is 0 Å². The van der Waals surface area contributed by atoms with Crippen molar-refractivity contribution in [3.05, 3.63) is 66.0 Å². The van der Waals surface area contributed by atoms with Gasteiger partial charge in [0.1, 0.15) is 5.82 Å². The van der Waals surface area contributed by atoms with Gasteiger partial charge in [0.15, 0.2) is 0 Å². The van der Waals surface area contributed by atoms with Crippen LogP contribution in [0.2, 0.25) is 0 Å². The van der Waals surface area contributed by atoms with E-state index in [9.17, 15) is 4.39 Å². The van der Waals surface area contributed by atoms with Crippen molar-refractivity contribution in [3.8, 4) is 0 Å². The summed E-state index contributed by atoms with van der Waals surface area (Å²) in [5, 5.41) is 3.11. The summed E-state index contributed by atoms with van der Waals surface area (Å²) in [6.07, 6.45) is 2.01. The van der Waals surface area contributed by atoms with Crippen molar-refractivity contribution >= 4 is 5.69 Å². The average molecular weight is 229 g/mol. The maximum atomic E-state index is 13.3. The lowest BCUT2D eigenvalue weighted by atomic mass is 10.1. The van der Waals surface area contributed by atoms with Crippen molar-refractivity contribution < 1.29 is 4.39 Å². The van der Waals surface area contributed by atoms with E-state index in [4.69, 9.17) is 0 Å². The largest absolute Gasteiger partial charge is 0.383 e. The maximum absolute atomic E-state index is 13.3. The fourth-order valence-electron chi connectivity index (χ4n) is 1.76. The third-order valence-electron chi connectivity index (χ3n) is 2.67. The van der Waals surface area contributed by atoms with Crippen LogP contribution in [0.25, 0.3) is 0 Å². The van der Waals surface area contributed by atoms with Gasteiger partial charge in [-0.05, 0) is 30.5 Å². The molecule has 2 aromatic carbocycles. The second-order valence-corrected chi connectivity index (χ2v) is 4.00. The molecule has 0 aliphatic rings. The number of hydrogen-bond acceptors (Lipinski definition) is 1. The fraction of sp³-hybridized carbons (Fsp3) is 0.200. The molecule has 0 aliphatic carbocycles. The molecule has 0 aromatic heterocycles. The highest BCUT2D eigenvalue weighted by Gasteiger charge is 1.98. The summed E-state index contributed by atoms with van der Waals surface area (Å²) < 4.78 is 13.3. The van der Waals surface area contributed by atoms with Crippen LogP contribution in [-0.4, -0.2) is 6.54 Å². The van der Waals surface area contributed by atoms with Gasteiger partial charge in [-0.15, -0.1) is 0 Å². The monoisotopic (exact) mass is 229 g/mol. The predicted molar refractivity (Wildman–Crippen MR) is 69.7 cm³/mol. The molecule has 2 heteroatoms. The Labute approximate surface area is 101 Å². The maximum Gasteiger partial charge on any atom is 0.146 e. The summed E-state index contributed by atoms with van der Waals surface area (Å²) in [7, 11) is 0. The number of halogens is 1. The number of para-hydroxylation sites is 1. The Hall–Kier alpha value is -1.83. The molecular formula is C15H16FN. The van der Waals surface area contributed by atoms with Crippen LogP contribution < -0.4 is 5.32 Å². The van der Waals surface area contributed by atoms with Gasteiger partial charge in [0.2, 0.25) is 0 Å². The van der Waals surface area contributed by atoms with Crippen molar-refractivity contribution in [2.24, 2.45) is 0 Å². The van der Waals surface area contributed by atoms with Gasteiger partial charge in [-0.3, -0.25) is 0 Å². The lowest BCUT2D eigenvalue weighted by molar-refractivity contribution is 0.629. The molecule has 0 atom stereocenters. The van der Waals surface area contributed by atoms with Gasteiger partial charge in [0, 0.05) is 6.54 Å². The molecule has 2 aromatic rings. The first-order valence-corrected chi connectivity index (χ1v) is 5.88. The third-order valence-corrected chi connectivity index (χ3v) is 2.67. The molecule has 1 nitrogen and oxygen atoms in total. The molecular weight excluding hydrogens is 213 g/mol. The minimum absolute atomic E-state index is 0.188. The fourth-order valence-corrected chi connectivity index (χ4v) is 1.76. The second-order valence-electron chi connectivity index (χ2n) is 4.00. The Kier molecular flexibility index (Phi) is 4.14. The highest BCUT2D eigenvalue weighted by atomic mass is 19.1. The number of nitrogens with one attached hydrogen (secondary N) is 1. The topological polar surface area (TPSA) is 12.0 Å². The quantitative estimate of drug-likeness (QED) is 0.767. The molecule has 0 saturated heterocycles. The van der Waals surface area contributed by atoms with Crippen molar-refractivity contribution in [1.82, 2.24) is 0 Å². The number of hydrogen-bond donors (Lipinski definition) is 1. The van der Waals surface area contributed by atoms with Crippen molar-refractivity contribution in [1.29, 1.82) is 0 Å². The van der Waals surface area contributed by atoms with E-state index in [1.807, 2.05) is 24.3 Å². The smallest absolute Gasteiger partial charge is 0.146 e. The van der Waals surface area contributed by atoms with Crippen molar-refractivity contribution in [2.75, 3.05) is 11.9 Å². The van der Waals surface area contributed by atoms with Crippen LogP contribution in [0, 0.1) is 5.82 Å². The lowest BCUT2D eigenvalue weighted by Crippen LogP contribution is -2.04. The standard InChI is InChI=1S/C15H16FN/c16-14-10-4-5-11-15(14)17-12-6-9-13-7-2-1-3-8-13/h1-5,7-8,10-11,17H,6,9,12H2. The van der Waals surface area contributed by atoms with Crippen LogP contribution in [0.15, 0.2) is 54.6 Å². The summed E-state index contributed by atoms with van der Waals surface area (Å²) in [6, 6.07) is 17.1. The predicted octanol–water partition coefficient (Wildman–Crippen LogP) is 3.87. The first kappa shape index (κ1) is 11.6. The number of rotatable bonds is 5. The second kappa shape index (κ2) is 6.04. The van der Waals surface area contributed by atoms with Crippen LogP contribution in [0.1, 0.15) is 12.0 Å². The first-order chi connectivity index (χ1) is 8.36. The molecule has 0 fully saturated rings. The van der Waals surface area contributed by atoms with E-state index in [1.165, 1.54) is 11.6 Å². The molecule has 0 radical (unpaired) electrons. The van der Waals surface area contributed by atoms with E-state index >= 15 is 0 Å². The number of aryl methyl sites for hydroxylation is 1. The Morgan fingerprint density at radius 1 is 0.882 bits per heavy atom. The zero-order chi connectivity index (χ0) is 11.9. The summed E-state index contributed by atoms with van der Waals surface area (Å²) in [4.78, 5) is 0. The first-order valence-electron chi connectivity index (χ1n) is 5.88. The summed E-state index contributed by atoms with van der Waals surface area (Å²) in [5.41, 5.74) is 1.91. The Morgan fingerprint density at radius 2 is 1.59 bits per heavy atom.